The van der Waals surface area contributed by atoms with Crippen LogP contribution in [0.2, 0.25) is 5.02 Å². The Hall–Kier alpha value is -2.85. The number of rotatable bonds is 5. The number of aryl methyl sites for hydroxylation is 2. The molecular weight excluding hydrogens is 534 g/mol. The predicted octanol–water partition coefficient (Wildman–Crippen LogP) is 6.17. The highest BCUT2D eigenvalue weighted by atomic mass is 35.5. The summed E-state index contributed by atoms with van der Waals surface area (Å²) in [4.78, 5) is 22.4. The number of benzene rings is 1. The van der Waals surface area contributed by atoms with Crippen LogP contribution in [0.15, 0.2) is 46.0 Å². The second kappa shape index (κ2) is 10.4. The smallest absolute Gasteiger partial charge is 0.196 e. The number of nitrogens with one attached hydrogen (secondary N) is 2. The number of fused-ring (bicyclic) bond motifs is 2. The molecule has 196 valence electrons. The maximum atomic E-state index is 6.84. The van der Waals surface area contributed by atoms with Crippen LogP contribution in [-0.2, 0) is 19.4 Å². The number of hydrogen-bond acceptors (Lipinski definition) is 8. The number of H-pyrrole nitrogens is 1. The minimum Gasteiger partial charge on any atom is -0.375 e. The van der Waals surface area contributed by atoms with Gasteiger partial charge in [-0.05, 0) is 78.6 Å². The number of piperidine rings is 1. The molecule has 38 heavy (non-hydrogen) atoms. The zero-order valence-electron chi connectivity index (χ0n) is 21.5. The van der Waals surface area contributed by atoms with Gasteiger partial charge in [0.25, 0.3) is 0 Å². The number of aromatic nitrogens is 4. The van der Waals surface area contributed by atoms with Gasteiger partial charge in [-0.2, -0.15) is 0 Å². The number of halogens is 1. The number of aromatic amines is 1. The first-order valence-corrected chi connectivity index (χ1v) is 14.9. The summed E-state index contributed by atoms with van der Waals surface area (Å²) in [5, 5.41) is 6.33. The van der Waals surface area contributed by atoms with Gasteiger partial charge in [0.1, 0.15) is 11.5 Å². The Labute approximate surface area is 235 Å². The van der Waals surface area contributed by atoms with E-state index >= 15 is 0 Å². The molecule has 0 atom stereocenters. The second-order valence-electron chi connectivity index (χ2n) is 9.74. The third kappa shape index (κ3) is 4.84. The molecule has 3 aromatic heterocycles. The molecule has 10 heteroatoms. The monoisotopic (exact) mass is 563 g/mol. The lowest BCUT2D eigenvalue weighted by Gasteiger charge is -2.28. The molecule has 0 aliphatic carbocycles. The average Bonchev–Trinajstić information content (AvgIpc) is 3.44. The quantitative estimate of drug-likeness (QED) is 0.250. The summed E-state index contributed by atoms with van der Waals surface area (Å²) in [6.07, 6.45) is 4.88. The molecule has 4 N–H and O–H groups in total. The van der Waals surface area contributed by atoms with Gasteiger partial charge in [0, 0.05) is 35.0 Å². The predicted molar refractivity (Wildman–Crippen MR) is 159 cm³/mol. The number of nitrogens with zero attached hydrogens (tertiary/aromatic N) is 4. The minimum absolute atomic E-state index is 0.618. The minimum atomic E-state index is 0.618. The van der Waals surface area contributed by atoms with E-state index in [0.717, 1.165) is 72.0 Å². The maximum absolute atomic E-state index is 6.84. The van der Waals surface area contributed by atoms with E-state index in [1.165, 1.54) is 27.2 Å². The Kier molecular flexibility index (Phi) is 6.94. The highest BCUT2D eigenvalue weighted by molar-refractivity contribution is 7.99. The first-order valence-electron chi connectivity index (χ1n) is 12.8. The molecule has 7 nitrogen and oxygen atoms in total. The molecule has 5 heterocycles. The summed E-state index contributed by atoms with van der Waals surface area (Å²) in [7, 11) is 0. The van der Waals surface area contributed by atoms with Gasteiger partial charge in [0.05, 0.1) is 22.6 Å². The Morgan fingerprint density at radius 2 is 2.13 bits per heavy atom. The fraction of sp³-hybridized carbons (Fsp3) is 0.321. The van der Waals surface area contributed by atoms with Gasteiger partial charge in [-0.25, -0.2) is 15.0 Å². The van der Waals surface area contributed by atoms with Crippen molar-refractivity contribution in [2.75, 3.05) is 30.3 Å². The maximum Gasteiger partial charge on any atom is 0.196 e. The molecule has 0 unspecified atom stereocenters. The van der Waals surface area contributed by atoms with Crippen molar-refractivity contribution in [3.8, 4) is 0 Å². The zero-order valence-corrected chi connectivity index (χ0v) is 23.9. The fourth-order valence-corrected chi connectivity index (χ4v) is 7.15. The zero-order chi connectivity index (χ0) is 26.4. The molecule has 2 aliphatic rings. The van der Waals surface area contributed by atoms with Gasteiger partial charge in [-0.1, -0.05) is 31.2 Å². The summed E-state index contributed by atoms with van der Waals surface area (Å²) in [5.74, 6) is 0.859. The molecule has 0 spiro atoms. The molecule has 0 amide bonds. The van der Waals surface area contributed by atoms with E-state index in [9.17, 15) is 0 Å². The standard InChI is InChI=1S/C28H30ClN7S2/c1-4-20-24(29)23-25(32-20)34-28(35-26(23)36-10-8-21-22(14-36)38-27(30)33-21)37-19-6-5-17(16(3)11-19)12-18-13-31-9-7-15(18)2/h5-6,11-12,31H,2,4,7-10,13-14H2,1,3H3,(H2,30,33)(H,32,34,35)/b18-12-. The van der Waals surface area contributed by atoms with Crippen LogP contribution in [-0.4, -0.2) is 39.6 Å². The van der Waals surface area contributed by atoms with Crippen LogP contribution in [0.3, 0.4) is 0 Å². The number of anilines is 2. The van der Waals surface area contributed by atoms with E-state index in [0.29, 0.717) is 21.9 Å². The third-order valence-electron chi connectivity index (χ3n) is 7.18. The fourth-order valence-electron chi connectivity index (χ4n) is 5.05. The van der Waals surface area contributed by atoms with Gasteiger partial charge in [0.2, 0.25) is 0 Å². The van der Waals surface area contributed by atoms with Gasteiger partial charge >= 0.3 is 0 Å². The van der Waals surface area contributed by atoms with Gasteiger partial charge in [0.15, 0.2) is 10.3 Å². The van der Waals surface area contributed by atoms with Crippen molar-refractivity contribution in [3.05, 3.63) is 68.3 Å². The lowest BCUT2D eigenvalue weighted by molar-refractivity contribution is 0.687. The van der Waals surface area contributed by atoms with E-state index in [-0.39, 0.29) is 0 Å². The molecule has 0 saturated carbocycles. The molecule has 1 saturated heterocycles. The topological polar surface area (TPSA) is 95.8 Å². The van der Waals surface area contributed by atoms with Crippen LogP contribution in [0.1, 0.15) is 40.7 Å². The van der Waals surface area contributed by atoms with Crippen molar-refractivity contribution < 1.29 is 0 Å². The normalized spacial score (nSPS) is 17.0. The number of nitrogen functional groups attached to an aromatic ring is 1. The second-order valence-corrected chi connectivity index (χ2v) is 12.3. The number of nitrogens with two attached hydrogens (primary N) is 1. The highest BCUT2D eigenvalue weighted by Gasteiger charge is 2.26. The van der Waals surface area contributed by atoms with E-state index < -0.39 is 0 Å². The summed E-state index contributed by atoms with van der Waals surface area (Å²) >= 11 is 9.96. The highest BCUT2D eigenvalue weighted by Crippen LogP contribution is 2.39. The Bertz CT molecular complexity index is 1590. The van der Waals surface area contributed by atoms with Crippen LogP contribution in [0.25, 0.3) is 17.1 Å². The molecule has 2 aliphatic heterocycles. The van der Waals surface area contributed by atoms with Gasteiger partial charge < -0.3 is 20.9 Å². The van der Waals surface area contributed by atoms with Gasteiger partial charge in [-0.3, -0.25) is 0 Å². The first-order chi connectivity index (χ1) is 18.4. The number of hydrogen-bond donors (Lipinski definition) is 3. The Morgan fingerprint density at radius 1 is 1.26 bits per heavy atom. The lowest BCUT2D eigenvalue weighted by Crippen LogP contribution is -2.30. The first kappa shape index (κ1) is 25.4. The van der Waals surface area contributed by atoms with Crippen LogP contribution in [0.4, 0.5) is 10.9 Å². The van der Waals surface area contributed by atoms with E-state index in [1.807, 2.05) is 0 Å². The largest absolute Gasteiger partial charge is 0.375 e. The molecule has 6 rings (SSSR count). The molecule has 4 aromatic rings. The summed E-state index contributed by atoms with van der Waals surface area (Å²) in [6, 6.07) is 6.52. The van der Waals surface area contributed by atoms with E-state index in [4.69, 9.17) is 27.3 Å². The summed E-state index contributed by atoms with van der Waals surface area (Å²) < 4.78 is 0. The van der Waals surface area contributed by atoms with Crippen molar-refractivity contribution in [2.45, 2.75) is 49.7 Å². The molecule has 0 bridgehead atoms. The van der Waals surface area contributed by atoms with Crippen molar-refractivity contribution in [1.29, 1.82) is 0 Å². The van der Waals surface area contributed by atoms with E-state index in [2.05, 4.69) is 64.9 Å². The molecule has 0 radical (unpaired) electrons. The summed E-state index contributed by atoms with van der Waals surface area (Å²) in [6.45, 7) is 11.9. The average molecular weight is 564 g/mol. The lowest BCUT2D eigenvalue weighted by atomic mass is 9.97. The Balaban J connectivity index is 1.34. The SMILES string of the molecule is C=C1CCNC/C1=C/c1ccc(Sc2nc(N3CCc4nc(N)sc4C3)c3c(Cl)c(CC)[nH]c3n2)cc1C. The van der Waals surface area contributed by atoms with E-state index in [1.54, 1.807) is 23.1 Å². The van der Waals surface area contributed by atoms with Gasteiger partial charge in [-0.15, -0.1) is 11.3 Å². The number of thiazole rings is 1. The molecular formula is C28H30ClN7S2. The third-order valence-corrected chi connectivity index (χ3v) is 9.36. The van der Waals surface area contributed by atoms with Crippen molar-refractivity contribution in [3.63, 3.8) is 0 Å². The van der Waals surface area contributed by atoms with Crippen LogP contribution < -0.4 is 16.0 Å². The van der Waals surface area contributed by atoms with Crippen LogP contribution in [0.5, 0.6) is 0 Å². The molecule has 1 fully saturated rings. The summed E-state index contributed by atoms with van der Waals surface area (Å²) in [5.41, 5.74) is 13.8. The van der Waals surface area contributed by atoms with Crippen molar-refractivity contribution in [2.24, 2.45) is 0 Å². The van der Waals surface area contributed by atoms with Crippen LogP contribution >= 0.6 is 34.7 Å². The van der Waals surface area contributed by atoms with Crippen LogP contribution in [0, 0.1) is 6.92 Å². The van der Waals surface area contributed by atoms with Crippen molar-refractivity contribution >= 4 is 62.8 Å². The molecule has 1 aromatic carbocycles. The Morgan fingerprint density at radius 3 is 2.92 bits per heavy atom. The van der Waals surface area contributed by atoms with Crippen molar-refractivity contribution in [1.82, 2.24) is 25.3 Å².